The van der Waals surface area contributed by atoms with E-state index >= 15 is 0 Å². The second-order valence-corrected chi connectivity index (χ2v) is 5.34. The van der Waals surface area contributed by atoms with Gasteiger partial charge in [-0.1, -0.05) is 30.7 Å². The van der Waals surface area contributed by atoms with E-state index in [9.17, 15) is 4.79 Å². The van der Waals surface area contributed by atoms with E-state index in [1.807, 2.05) is 49.4 Å². The Bertz CT molecular complexity index is 590. The highest BCUT2D eigenvalue weighted by Gasteiger charge is 2.08. The fourth-order valence-corrected chi connectivity index (χ4v) is 2.30. The van der Waals surface area contributed by atoms with Crippen LogP contribution >= 0.6 is 15.9 Å². The van der Waals surface area contributed by atoms with E-state index in [-0.39, 0.29) is 5.91 Å². The molecule has 0 fully saturated rings. The van der Waals surface area contributed by atoms with Crippen molar-refractivity contribution in [3.05, 3.63) is 63.6 Å². The van der Waals surface area contributed by atoms with Crippen LogP contribution in [0.25, 0.3) is 0 Å². The summed E-state index contributed by atoms with van der Waals surface area (Å²) in [4.78, 5) is 12.1. The lowest BCUT2D eigenvalue weighted by atomic mass is 10.1. The van der Waals surface area contributed by atoms with E-state index in [2.05, 4.69) is 28.2 Å². The fraction of sp³-hybridized carbons (Fsp3) is 0.188. The Morgan fingerprint density at radius 2 is 1.84 bits per heavy atom. The van der Waals surface area contributed by atoms with Crippen LogP contribution in [0.4, 0.5) is 5.69 Å². The first kappa shape index (κ1) is 13.8. The predicted octanol–water partition coefficient (Wildman–Crippen LogP) is 4.57. The molecule has 0 bridgehead atoms. The fourth-order valence-electron chi connectivity index (χ4n) is 1.78. The van der Waals surface area contributed by atoms with E-state index in [0.29, 0.717) is 5.56 Å². The average Bonchev–Trinajstić information content (AvgIpc) is 2.41. The van der Waals surface area contributed by atoms with E-state index in [1.165, 1.54) is 5.56 Å². The van der Waals surface area contributed by atoms with Crippen molar-refractivity contribution in [2.45, 2.75) is 20.3 Å². The quantitative estimate of drug-likeness (QED) is 0.882. The van der Waals surface area contributed by atoms with Gasteiger partial charge in [-0.05, 0) is 59.1 Å². The number of carbonyl (C=O) groups is 1. The molecule has 0 aliphatic carbocycles. The van der Waals surface area contributed by atoms with Gasteiger partial charge in [0.2, 0.25) is 0 Å². The zero-order chi connectivity index (χ0) is 13.8. The molecule has 0 saturated heterocycles. The molecule has 2 rings (SSSR count). The Balaban J connectivity index is 2.17. The molecule has 0 aromatic heterocycles. The molecule has 3 heteroatoms. The van der Waals surface area contributed by atoms with Gasteiger partial charge >= 0.3 is 0 Å². The SMILES string of the molecule is CCc1ccc(NC(=O)c2ccc(C)cc2)c(Br)c1. The highest BCUT2D eigenvalue weighted by Crippen LogP contribution is 2.24. The number of amides is 1. The first-order valence-electron chi connectivity index (χ1n) is 6.26. The minimum absolute atomic E-state index is 0.0926. The van der Waals surface area contributed by atoms with Gasteiger partial charge in [0, 0.05) is 10.0 Å². The number of anilines is 1. The van der Waals surface area contributed by atoms with Crippen LogP contribution in [-0.2, 0) is 6.42 Å². The lowest BCUT2D eigenvalue weighted by Gasteiger charge is -2.09. The summed E-state index contributed by atoms with van der Waals surface area (Å²) in [7, 11) is 0. The van der Waals surface area contributed by atoms with Gasteiger partial charge in [0.25, 0.3) is 5.91 Å². The van der Waals surface area contributed by atoms with E-state index in [4.69, 9.17) is 0 Å². The third-order valence-corrected chi connectivity index (χ3v) is 3.66. The van der Waals surface area contributed by atoms with Crippen molar-refractivity contribution in [1.82, 2.24) is 0 Å². The minimum Gasteiger partial charge on any atom is -0.321 e. The summed E-state index contributed by atoms with van der Waals surface area (Å²) >= 11 is 3.49. The maximum atomic E-state index is 12.1. The molecule has 98 valence electrons. The summed E-state index contributed by atoms with van der Waals surface area (Å²) in [6, 6.07) is 13.5. The van der Waals surface area contributed by atoms with Gasteiger partial charge in [0.15, 0.2) is 0 Å². The molecule has 0 unspecified atom stereocenters. The zero-order valence-corrected chi connectivity index (χ0v) is 12.6. The van der Waals surface area contributed by atoms with Crippen LogP contribution in [0, 0.1) is 6.92 Å². The molecule has 2 nitrogen and oxygen atoms in total. The number of hydrogen-bond acceptors (Lipinski definition) is 1. The van der Waals surface area contributed by atoms with Crippen molar-refractivity contribution in [1.29, 1.82) is 0 Å². The summed E-state index contributed by atoms with van der Waals surface area (Å²) in [5, 5.41) is 2.91. The largest absolute Gasteiger partial charge is 0.321 e. The topological polar surface area (TPSA) is 29.1 Å². The molecule has 19 heavy (non-hydrogen) atoms. The third kappa shape index (κ3) is 3.44. The first-order valence-corrected chi connectivity index (χ1v) is 7.06. The summed E-state index contributed by atoms with van der Waals surface area (Å²) < 4.78 is 0.910. The maximum absolute atomic E-state index is 12.1. The monoisotopic (exact) mass is 317 g/mol. The third-order valence-electron chi connectivity index (χ3n) is 3.00. The number of halogens is 1. The van der Waals surface area contributed by atoms with Crippen molar-refractivity contribution >= 4 is 27.5 Å². The van der Waals surface area contributed by atoms with Crippen LogP contribution < -0.4 is 5.32 Å². The van der Waals surface area contributed by atoms with Crippen LogP contribution in [0.15, 0.2) is 46.9 Å². The highest BCUT2D eigenvalue weighted by molar-refractivity contribution is 9.10. The first-order chi connectivity index (χ1) is 9.10. The van der Waals surface area contributed by atoms with Crippen molar-refractivity contribution in [3.8, 4) is 0 Å². The van der Waals surface area contributed by atoms with Crippen LogP contribution in [0.1, 0.15) is 28.4 Å². The normalized spacial score (nSPS) is 10.3. The molecule has 0 heterocycles. The summed E-state index contributed by atoms with van der Waals surface area (Å²) in [6.07, 6.45) is 0.977. The molecule has 0 saturated carbocycles. The second kappa shape index (κ2) is 6.02. The molecule has 0 spiro atoms. The second-order valence-electron chi connectivity index (χ2n) is 4.49. The predicted molar refractivity (Wildman–Crippen MR) is 82.7 cm³/mol. The Kier molecular flexibility index (Phi) is 4.38. The lowest BCUT2D eigenvalue weighted by Crippen LogP contribution is -2.12. The summed E-state index contributed by atoms with van der Waals surface area (Å²) in [5.41, 5.74) is 3.84. The van der Waals surface area contributed by atoms with Gasteiger partial charge < -0.3 is 5.32 Å². The molecule has 0 aliphatic heterocycles. The standard InChI is InChI=1S/C16H16BrNO/c1-3-12-6-9-15(14(17)10-12)18-16(19)13-7-4-11(2)5-8-13/h4-10H,3H2,1-2H3,(H,18,19). The van der Waals surface area contributed by atoms with Crippen LogP contribution in [0.2, 0.25) is 0 Å². The Morgan fingerprint density at radius 3 is 2.42 bits per heavy atom. The van der Waals surface area contributed by atoms with Gasteiger partial charge in [-0.25, -0.2) is 0 Å². The number of nitrogens with one attached hydrogen (secondary N) is 1. The van der Waals surface area contributed by atoms with Crippen LogP contribution in [0.5, 0.6) is 0 Å². The number of benzene rings is 2. The van der Waals surface area contributed by atoms with E-state index < -0.39 is 0 Å². The van der Waals surface area contributed by atoms with Gasteiger partial charge in [-0.15, -0.1) is 0 Å². The molecule has 0 atom stereocenters. The maximum Gasteiger partial charge on any atom is 0.255 e. The Morgan fingerprint density at radius 1 is 1.16 bits per heavy atom. The molecule has 2 aromatic rings. The smallest absolute Gasteiger partial charge is 0.255 e. The Hall–Kier alpha value is -1.61. The van der Waals surface area contributed by atoms with Crippen molar-refractivity contribution in [2.24, 2.45) is 0 Å². The van der Waals surface area contributed by atoms with Crippen LogP contribution in [0.3, 0.4) is 0 Å². The number of aryl methyl sites for hydroxylation is 2. The van der Waals surface area contributed by atoms with Gasteiger partial charge in [0.1, 0.15) is 0 Å². The molecular formula is C16H16BrNO. The van der Waals surface area contributed by atoms with Gasteiger partial charge in [-0.2, -0.15) is 0 Å². The average molecular weight is 318 g/mol. The number of hydrogen-bond donors (Lipinski definition) is 1. The van der Waals surface area contributed by atoms with Crippen molar-refractivity contribution < 1.29 is 4.79 Å². The molecular weight excluding hydrogens is 302 g/mol. The number of rotatable bonds is 3. The van der Waals surface area contributed by atoms with Crippen LogP contribution in [-0.4, -0.2) is 5.91 Å². The van der Waals surface area contributed by atoms with E-state index in [1.54, 1.807) is 0 Å². The summed E-state index contributed by atoms with van der Waals surface area (Å²) in [5.74, 6) is -0.0926. The molecule has 0 radical (unpaired) electrons. The van der Waals surface area contributed by atoms with Gasteiger partial charge in [0.05, 0.1) is 5.69 Å². The minimum atomic E-state index is -0.0926. The van der Waals surface area contributed by atoms with Gasteiger partial charge in [-0.3, -0.25) is 4.79 Å². The van der Waals surface area contributed by atoms with E-state index in [0.717, 1.165) is 22.1 Å². The molecule has 1 amide bonds. The van der Waals surface area contributed by atoms with Crippen molar-refractivity contribution in [3.63, 3.8) is 0 Å². The molecule has 0 aliphatic rings. The van der Waals surface area contributed by atoms with Crippen molar-refractivity contribution in [2.75, 3.05) is 5.32 Å². The highest BCUT2D eigenvalue weighted by atomic mass is 79.9. The number of carbonyl (C=O) groups excluding carboxylic acids is 1. The molecule has 1 N–H and O–H groups in total. The Labute approximate surface area is 122 Å². The summed E-state index contributed by atoms with van der Waals surface area (Å²) in [6.45, 7) is 4.11. The lowest BCUT2D eigenvalue weighted by molar-refractivity contribution is 0.102. The molecule has 2 aromatic carbocycles. The zero-order valence-electron chi connectivity index (χ0n) is 11.0.